The van der Waals surface area contributed by atoms with E-state index in [0.717, 1.165) is 11.3 Å². The van der Waals surface area contributed by atoms with Gasteiger partial charge in [0.25, 0.3) is 0 Å². The van der Waals surface area contributed by atoms with Crippen molar-refractivity contribution in [3.8, 4) is 0 Å². The third-order valence-corrected chi connectivity index (χ3v) is 8.31. The summed E-state index contributed by atoms with van der Waals surface area (Å²) in [7, 11) is 0.228. The highest BCUT2D eigenvalue weighted by Gasteiger charge is 2.31. The second-order valence-electron chi connectivity index (χ2n) is 7.68. The van der Waals surface area contributed by atoms with E-state index in [2.05, 4.69) is 26.1 Å². The van der Waals surface area contributed by atoms with Gasteiger partial charge in [-0.05, 0) is 57.8 Å². The van der Waals surface area contributed by atoms with Crippen LogP contribution in [-0.2, 0) is 0 Å². The zero-order valence-corrected chi connectivity index (χ0v) is 14.3. The van der Waals surface area contributed by atoms with Crippen molar-refractivity contribution in [3.63, 3.8) is 0 Å². The molecule has 0 unspecified atom stereocenters. The fourth-order valence-corrected chi connectivity index (χ4v) is 7.54. The van der Waals surface area contributed by atoms with Crippen LogP contribution in [0, 0.1) is 0 Å². The molecule has 2 aliphatic carbocycles. The first kappa shape index (κ1) is 15.8. The van der Waals surface area contributed by atoms with Gasteiger partial charge in [0.05, 0.1) is 0 Å². The van der Waals surface area contributed by atoms with Crippen LogP contribution >= 0.6 is 7.92 Å². The lowest BCUT2D eigenvalue weighted by atomic mass is 9.99. The average Bonchev–Trinajstić information content (AvgIpc) is 2.40. The Labute approximate surface area is 122 Å². The summed E-state index contributed by atoms with van der Waals surface area (Å²) >= 11 is 0. The van der Waals surface area contributed by atoms with E-state index in [1.807, 2.05) is 0 Å². The Morgan fingerprint density at radius 2 is 1.21 bits per heavy atom. The summed E-state index contributed by atoms with van der Waals surface area (Å²) < 4.78 is 0. The van der Waals surface area contributed by atoms with Gasteiger partial charge in [-0.1, -0.05) is 46.4 Å². The molecule has 0 bridgehead atoms. The number of rotatable bonds is 4. The molecule has 1 nitrogen and oxygen atoms in total. The normalized spacial score (nSPS) is 24.0. The van der Waals surface area contributed by atoms with Gasteiger partial charge in [0.2, 0.25) is 0 Å². The predicted octanol–water partition coefficient (Wildman–Crippen LogP) is 5.48. The van der Waals surface area contributed by atoms with Crippen LogP contribution in [0.2, 0.25) is 0 Å². The summed E-state index contributed by atoms with van der Waals surface area (Å²) in [4.78, 5) is 0. The van der Waals surface area contributed by atoms with Gasteiger partial charge in [0.15, 0.2) is 0 Å². The van der Waals surface area contributed by atoms with E-state index in [1.165, 1.54) is 70.5 Å². The second-order valence-corrected chi connectivity index (χ2v) is 10.5. The Kier molecular flexibility index (Phi) is 6.15. The largest absolute Gasteiger partial charge is 0.308 e. The molecule has 2 aliphatic rings. The van der Waals surface area contributed by atoms with Crippen molar-refractivity contribution in [1.82, 2.24) is 5.32 Å². The molecule has 2 rings (SSSR count). The standard InChI is InChI=1S/C17H34NP/c1-17(2,3)18-14-19(15-10-6-4-7-11-15)16-12-8-5-9-13-16/h15-16,18H,4-14H2,1-3H3. The third-order valence-electron chi connectivity index (χ3n) is 4.88. The lowest BCUT2D eigenvalue weighted by molar-refractivity contribution is 0.447. The van der Waals surface area contributed by atoms with Gasteiger partial charge in [-0.25, -0.2) is 0 Å². The van der Waals surface area contributed by atoms with Gasteiger partial charge in [-0.15, -0.1) is 0 Å². The SMILES string of the molecule is CC(C)(C)NCP(C1CCCCC1)C1CCCCC1. The summed E-state index contributed by atoms with van der Waals surface area (Å²) in [5.41, 5.74) is 2.47. The van der Waals surface area contributed by atoms with Crippen molar-refractivity contribution in [2.24, 2.45) is 0 Å². The van der Waals surface area contributed by atoms with Crippen LogP contribution in [0.15, 0.2) is 0 Å². The molecule has 0 aliphatic heterocycles. The molecular weight excluding hydrogens is 249 g/mol. The van der Waals surface area contributed by atoms with Gasteiger partial charge in [-0.2, -0.15) is 0 Å². The maximum absolute atomic E-state index is 3.85. The van der Waals surface area contributed by atoms with Gasteiger partial charge in [0, 0.05) is 11.8 Å². The monoisotopic (exact) mass is 283 g/mol. The van der Waals surface area contributed by atoms with E-state index in [1.54, 1.807) is 0 Å². The first-order valence-electron chi connectivity index (χ1n) is 8.57. The van der Waals surface area contributed by atoms with Crippen LogP contribution in [0.3, 0.4) is 0 Å². The molecule has 0 amide bonds. The second kappa shape index (κ2) is 7.41. The van der Waals surface area contributed by atoms with Gasteiger partial charge in [0.1, 0.15) is 0 Å². The van der Waals surface area contributed by atoms with Crippen LogP contribution in [0.25, 0.3) is 0 Å². The number of hydrogen-bond donors (Lipinski definition) is 1. The lowest BCUT2D eigenvalue weighted by Crippen LogP contribution is -2.38. The summed E-state index contributed by atoms with van der Waals surface area (Å²) in [5, 5.41) is 3.85. The molecule has 0 spiro atoms. The van der Waals surface area contributed by atoms with Gasteiger partial charge < -0.3 is 5.32 Å². The van der Waals surface area contributed by atoms with Crippen LogP contribution in [0.1, 0.15) is 85.0 Å². The topological polar surface area (TPSA) is 12.0 Å². The molecule has 2 saturated carbocycles. The van der Waals surface area contributed by atoms with E-state index in [-0.39, 0.29) is 7.92 Å². The quantitative estimate of drug-likeness (QED) is 0.674. The van der Waals surface area contributed by atoms with Crippen molar-refractivity contribution in [3.05, 3.63) is 0 Å². The van der Waals surface area contributed by atoms with Crippen molar-refractivity contribution in [2.75, 3.05) is 6.29 Å². The number of nitrogens with one attached hydrogen (secondary N) is 1. The fourth-order valence-electron chi connectivity index (χ4n) is 3.71. The van der Waals surface area contributed by atoms with Crippen molar-refractivity contribution in [2.45, 2.75) is 102 Å². The minimum absolute atomic E-state index is 0.228. The zero-order chi connectivity index (χ0) is 13.7. The molecule has 2 heteroatoms. The molecule has 0 heterocycles. The molecule has 0 aromatic heterocycles. The molecular formula is C17H34NP. The highest BCUT2D eigenvalue weighted by molar-refractivity contribution is 7.59. The molecule has 0 saturated heterocycles. The molecule has 19 heavy (non-hydrogen) atoms. The summed E-state index contributed by atoms with van der Waals surface area (Å²) in [6, 6.07) is 0. The summed E-state index contributed by atoms with van der Waals surface area (Å²) in [6.07, 6.45) is 16.5. The highest BCUT2D eigenvalue weighted by atomic mass is 31.1. The highest BCUT2D eigenvalue weighted by Crippen LogP contribution is 2.55. The summed E-state index contributed by atoms with van der Waals surface area (Å²) in [6.45, 7) is 6.97. The first-order valence-corrected chi connectivity index (χ1v) is 10.2. The Morgan fingerprint density at radius 1 is 0.789 bits per heavy atom. The van der Waals surface area contributed by atoms with Crippen LogP contribution in [0.5, 0.6) is 0 Å². The lowest BCUT2D eigenvalue weighted by Gasteiger charge is -2.40. The first-order chi connectivity index (χ1) is 9.06. The van der Waals surface area contributed by atoms with Crippen molar-refractivity contribution < 1.29 is 0 Å². The molecule has 0 aromatic rings. The molecule has 1 N–H and O–H groups in total. The van der Waals surface area contributed by atoms with E-state index in [9.17, 15) is 0 Å². The fraction of sp³-hybridized carbons (Fsp3) is 1.00. The van der Waals surface area contributed by atoms with Crippen molar-refractivity contribution in [1.29, 1.82) is 0 Å². The Morgan fingerprint density at radius 3 is 1.58 bits per heavy atom. The van der Waals surface area contributed by atoms with Gasteiger partial charge in [-0.3, -0.25) is 0 Å². The number of hydrogen-bond acceptors (Lipinski definition) is 1. The maximum Gasteiger partial charge on any atom is 0.0165 e. The molecule has 2 fully saturated rings. The van der Waals surface area contributed by atoms with Crippen LogP contribution < -0.4 is 5.32 Å². The van der Waals surface area contributed by atoms with Crippen molar-refractivity contribution >= 4 is 7.92 Å². The summed E-state index contributed by atoms with van der Waals surface area (Å²) in [5.74, 6) is 0. The maximum atomic E-state index is 3.85. The van der Waals surface area contributed by atoms with E-state index in [4.69, 9.17) is 0 Å². The third kappa shape index (κ3) is 5.35. The van der Waals surface area contributed by atoms with Crippen LogP contribution in [-0.4, -0.2) is 23.1 Å². The zero-order valence-electron chi connectivity index (χ0n) is 13.4. The average molecular weight is 283 g/mol. The minimum atomic E-state index is 0.228. The van der Waals surface area contributed by atoms with E-state index >= 15 is 0 Å². The van der Waals surface area contributed by atoms with E-state index < -0.39 is 0 Å². The van der Waals surface area contributed by atoms with Crippen LogP contribution in [0.4, 0.5) is 0 Å². The van der Waals surface area contributed by atoms with E-state index in [0.29, 0.717) is 5.54 Å². The Bertz CT molecular complexity index is 228. The van der Waals surface area contributed by atoms with Gasteiger partial charge >= 0.3 is 0 Å². The smallest absolute Gasteiger partial charge is 0.0165 e. The molecule has 112 valence electrons. The predicted molar refractivity (Wildman–Crippen MR) is 88.4 cm³/mol. The molecule has 0 aromatic carbocycles. The molecule has 0 atom stereocenters. The Balaban J connectivity index is 1.94. The molecule has 0 radical (unpaired) electrons. The Hall–Kier alpha value is 0.390. The minimum Gasteiger partial charge on any atom is -0.308 e.